The summed E-state index contributed by atoms with van der Waals surface area (Å²) < 4.78 is 0. The number of benzene rings is 1. The number of carboxylic acid groups (broad SMARTS) is 1. The van der Waals surface area contributed by atoms with Gasteiger partial charge in [-0.25, -0.2) is 0 Å². The summed E-state index contributed by atoms with van der Waals surface area (Å²) in [5.41, 5.74) is 5.82. The molecule has 1 aromatic carbocycles. The Labute approximate surface area is 85.5 Å². The zero-order valence-electron chi connectivity index (χ0n) is 8.01. The summed E-state index contributed by atoms with van der Waals surface area (Å²) in [5.74, 6) is -1.29. The summed E-state index contributed by atoms with van der Waals surface area (Å²) in [5, 5.41) is 19.3. The van der Waals surface area contributed by atoms with E-state index in [1.54, 1.807) is 6.92 Å². The standard InChI is InChI=1S/C9H10N2O4/c1-5-2-3-7(11(14)15)6(4-5)8(10)9(12)13/h2-4,8H,10H2,1H3,(H,12,13). The van der Waals surface area contributed by atoms with Gasteiger partial charge in [0.05, 0.1) is 10.5 Å². The fourth-order valence-electron chi connectivity index (χ4n) is 1.22. The zero-order chi connectivity index (χ0) is 11.6. The molecule has 0 spiro atoms. The third kappa shape index (κ3) is 2.29. The van der Waals surface area contributed by atoms with E-state index in [4.69, 9.17) is 10.8 Å². The van der Waals surface area contributed by atoms with Gasteiger partial charge < -0.3 is 10.8 Å². The molecular formula is C9H10N2O4. The molecule has 0 radical (unpaired) electrons. The summed E-state index contributed by atoms with van der Waals surface area (Å²) in [4.78, 5) is 20.6. The van der Waals surface area contributed by atoms with E-state index in [1.165, 1.54) is 18.2 Å². The van der Waals surface area contributed by atoms with Crippen LogP contribution in [0.1, 0.15) is 17.2 Å². The van der Waals surface area contributed by atoms with Crippen molar-refractivity contribution in [3.05, 3.63) is 39.4 Å². The second-order valence-corrected chi connectivity index (χ2v) is 3.14. The molecule has 0 heterocycles. The largest absolute Gasteiger partial charge is 0.480 e. The van der Waals surface area contributed by atoms with Gasteiger partial charge in [-0.3, -0.25) is 14.9 Å². The molecule has 1 atom stereocenters. The highest BCUT2D eigenvalue weighted by atomic mass is 16.6. The Morgan fingerprint density at radius 1 is 1.60 bits per heavy atom. The van der Waals surface area contributed by atoms with Crippen molar-refractivity contribution in [2.45, 2.75) is 13.0 Å². The van der Waals surface area contributed by atoms with Crippen LogP contribution in [0.25, 0.3) is 0 Å². The van der Waals surface area contributed by atoms with E-state index in [2.05, 4.69) is 0 Å². The highest BCUT2D eigenvalue weighted by Crippen LogP contribution is 2.24. The Morgan fingerprint density at radius 2 is 2.20 bits per heavy atom. The van der Waals surface area contributed by atoms with Crippen molar-refractivity contribution in [3.63, 3.8) is 0 Å². The third-order valence-corrected chi connectivity index (χ3v) is 1.98. The summed E-state index contributed by atoms with van der Waals surface area (Å²) in [7, 11) is 0. The number of aliphatic carboxylic acids is 1. The van der Waals surface area contributed by atoms with Crippen molar-refractivity contribution >= 4 is 11.7 Å². The number of hydrogen-bond acceptors (Lipinski definition) is 4. The Morgan fingerprint density at radius 3 is 2.67 bits per heavy atom. The average Bonchev–Trinajstić information content (AvgIpc) is 2.15. The van der Waals surface area contributed by atoms with Gasteiger partial charge in [0.15, 0.2) is 0 Å². The van der Waals surface area contributed by atoms with Crippen molar-refractivity contribution in [1.29, 1.82) is 0 Å². The molecule has 0 aromatic heterocycles. The number of aryl methyl sites for hydroxylation is 1. The van der Waals surface area contributed by atoms with Crippen LogP contribution >= 0.6 is 0 Å². The monoisotopic (exact) mass is 210 g/mol. The molecule has 0 saturated carbocycles. The molecule has 0 aliphatic heterocycles. The van der Waals surface area contributed by atoms with Crippen LogP contribution in [0.15, 0.2) is 18.2 Å². The third-order valence-electron chi connectivity index (χ3n) is 1.98. The summed E-state index contributed by atoms with van der Waals surface area (Å²) >= 11 is 0. The maximum absolute atomic E-state index is 10.6. The normalized spacial score (nSPS) is 12.1. The zero-order valence-corrected chi connectivity index (χ0v) is 8.01. The van der Waals surface area contributed by atoms with Crippen molar-refractivity contribution < 1.29 is 14.8 Å². The van der Waals surface area contributed by atoms with Crippen LogP contribution in [-0.4, -0.2) is 16.0 Å². The minimum absolute atomic E-state index is 0.0208. The number of carboxylic acids is 1. The van der Waals surface area contributed by atoms with Crippen LogP contribution in [0, 0.1) is 17.0 Å². The molecule has 0 amide bonds. The van der Waals surface area contributed by atoms with E-state index in [-0.39, 0.29) is 11.3 Å². The lowest BCUT2D eigenvalue weighted by atomic mass is 10.0. The smallest absolute Gasteiger partial charge is 0.325 e. The van der Waals surface area contributed by atoms with E-state index in [0.717, 1.165) is 5.56 Å². The van der Waals surface area contributed by atoms with Gasteiger partial charge in [-0.05, 0) is 13.0 Å². The van der Waals surface area contributed by atoms with Gasteiger partial charge in [-0.2, -0.15) is 0 Å². The molecule has 0 saturated heterocycles. The van der Waals surface area contributed by atoms with Crippen LogP contribution in [0.4, 0.5) is 5.69 Å². The molecule has 15 heavy (non-hydrogen) atoms. The van der Waals surface area contributed by atoms with E-state index >= 15 is 0 Å². The molecule has 0 aliphatic rings. The molecule has 0 bridgehead atoms. The molecule has 1 rings (SSSR count). The molecule has 0 aliphatic carbocycles. The summed E-state index contributed by atoms with van der Waals surface area (Å²) in [6.07, 6.45) is 0. The first kappa shape index (κ1) is 11.1. The molecule has 3 N–H and O–H groups in total. The van der Waals surface area contributed by atoms with Gasteiger partial charge in [-0.15, -0.1) is 0 Å². The van der Waals surface area contributed by atoms with Gasteiger partial charge in [-0.1, -0.05) is 11.6 Å². The van der Waals surface area contributed by atoms with E-state index in [1.807, 2.05) is 0 Å². The number of nitro groups is 1. The van der Waals surface area contributed by atoms with Gasteiger partial charge in [0.1, 0.15) is 6.04 Å². The second-order valence-electron chi connectivity index (χ2n) is 3.14. The molecule has 6 nitrogen and oxygen atoms in total. The summed E-state index contributed by atoms with van der Waals surface area (Å²) in [6.45, 7) is 1.71. The number of rotatable bonds is 3. The number of hydrogen-bond donors (Lipinski definition) is 2. The lowest BCUT2D eigenvalue weighted by Gasteiger charge is -2.08. The first-order valence-electron chi connectivity index (χ1n) is 4.17. The van der Waals surface area contributed by atoms with Crippen LogP contribution in [0.3, 0.4) is 0 Å². The Hall–Kier alpha value is -1.95. The minimum atomic E-state index is -1.37. The molecule has 6 heteroatoms. The number of nitrogens with zero attached hydrogens (tertiary/aromatic N) is 1. The van der Waals surface area contributed by atoms with Crippen LogP contribution < -0.4 is 5.73 Å². The molecular weight excluding hydrogens is 200 g/mol. The van der Waals surface area contributed by atoms with Crippen LogP contribution in [0.5, 0.6) is 0 Å². The maximum Gasteiger partial charge on any atom is 0.325 e. The van der Waals surface area contributed by atoms with Crippen molar-refractivity contribution in [2.24, 2.45) is 5.73 Å². The summed E-state index contributed by atoms with van der Waals surface area (Å²) in [6, 6.07) is 2.84. The van der Waals surface area contributed by atoms with Crippen molar-refractivity contribution in [3.8, 4) is 0 Å². The van der Waals surface area contributed by atoms with Gasteiger partial charge in [0.25, 0.3) is 5.69 Å². The number of nitrogens with two attached hydrogens (primary N) is 1. The van der Waals surface area contributed by atoms with E-state index in [9.17, 15) is 14.9 Å². The second kappa shape index (κ2) is 4.05. The number of nitro benzene ring substituents is 1. The molecule has 0 fully saturated rings. The fraction of sp³-hybridized carbons (Fsp3) is 0.222. The fourth-order valence-corrected chi connectivity index (χ4v) is 1.22. The quantitative estimate of drug-likeness (QED) is 0.571. The van der Waals surface area contributed by atoms with Crippen LogP contribution in [0.2, 0.25) is 0 Å². The highest BCUT2D eigenvalue weighted by Gasteiger charge is 2.24. The molecule has 80 valence electrons. The first-order chi connectivity index (χ1) is 6.93. The van der Waals surface area contributed by atoms with Gasteiger partial charge in [0, 0.05) is 6.07 Å². The molecule has 1 unspecified atom stereocenters. The number of carbonyl (C=O) groups is 1. The van der Waals surface area contributed by atoms with E-state index in [0.29, 0.717) is 0 Å². The predicted octanol–water partition coefficient (Wildman–Crippen LogP) is 0.988. The predicted molar refractivity (Wildman–Crippen MR) is 52.4 cm³/mol. The van der Waals surface area contributed by atoms with Gasteiger partial charge in [0.2, 0.25) is 0 Å². The SMILES string of the molecule is Cc1ccc([N+](=O)[O-])c(C(N)C(=O)O)c1. The Kier molecular flexibility index (Phi) is 3.01. The van der Waals surface area contributed by atoms with Crippen LogP contribution in [-0.2, 0) is 4.79 Å². The average molecular weight is 210 g/mol. The Balaban J connectivity index is 3.30. The Bertz CT molecular complexity index is 417. The maximum atomic E-state index is 10.6. The van der Waals surface area contributed by atoms with Crippen molar-refractivity contribution in [1.82, 2.24) is 0 Å². The highest BCUT2D eigenvalue weighted by molar-refractivity contribution is 5.77. The molecule has 1 aromatic rings. The lowest BCUT2D eigenvalue weighted by molar-refractivity contribution is -0.385. The lowest BCUT2D eigenvalue weighted by Crippen LogP contribution is -2.21. The van der Waals surface area contributed by atoms with Crippen molar-refractivity contribution in [2.75, 3.05) is 0 Å². The van der Waals surface area contributed by atoms with Gasteiger partial charge >= 0.3 is 5.97 Å². The minimum Gasteiger partial charge on any atom is -0.480 e. The topological polar surface area (TPSA) is 106 Å². The first-order valence-corrected chi connectivity index (χ1v) is 4.17. The van der Waals surface area contributed by atoms with E-state index < -0.39 is 16.9 Å².